The molecule has 2 aliphatic rings. The number of hydrogen-bond donors (Lipinski definition) is 2. The van der Waals surface area contributed by atoms with E-state index in [2.05, 4.69) is 57.4 Å². The summed E-state index contributed by atoms with van der Waals surface area (Å²) in [6, 6.07) is 17.3. The number of H-pyrrole nitrogens is 1. The number of benzene rings is 1. The Kier molecular flexibility index (Phi) is 5.07. The molecule has 5 rings (SSSR count). The highest BCUT2D eigenvalue weighted by atomic mass is 16.2. The lowest BCUT2D eigenvalue weighted by atomic mass is 9.88. The molecule has 2 fully saturated rings. The number of nitrogens with one attached hydrogen (secondary N) is 2. The molecule has 0 bridgehead atoms. The van der Waals surface area contributed by atoms with Gasteiger partial charge in [-0.25, -0.2) is 0 Å². The van der Waals surface area contributed by atoms with Gasteiger partial charge in [-0.1, -0.05) is 30.3 Å². The lowest BCUT2D eigenvalue weighted by Gasteiger charge is -2.38. The quantitative estimate of drug-likeness (QED) is 0.633. The lowest BCUT2D eigenvalue weighted by molar-refractivity contribution is 0.0618. The predicted octanol–water partition coefficient (Wildman–Crippen LogP) is 4.62. The zero-order valence-electron chi connectivity index (χ0n) is 17.6. The lowest BCUT2D eigenvalue weighted by Crippen LogP contribution is -2.49. The number of aromatic amines is 1. The molecule has 2 saturated carbocycles. The molecule has 0 saturated heterocycles. The first-order valence-electron chi connectivity index (χ1n) is 11.3. The van der Waals surface area contributed by atoms with Gasteiger partial charge in [0.2, 0.25) is 0 Å². The predicted molar refractivity (Wildman–Crippen MR) is 119 cm³/mol. The number of aromatic nitrogens is 2. The number of hydrogen-bond acceptors (Lipinski definition) is 3. The van der Waals surface area contributed by atoms with Crippen molar-refractivity contribution in [1.82, 2.24) is 20.2 Å². The Hall–Kier alpha value is -2.66. The topological polar surface area (TPSA) is 61.0 Å². The zero-order valence-corrected chi connectivity index (χ0v) is 17.6. The number of nitrogens with zero attached hydrogens (tertiary/aromatic N) is 2. The van der Waals surface area contributed by atoms with Crippen molar-refractivity contribution in [2.45, 2.75) is 63.1 Å². The third-order valence-electron chi connectivity index (χ3n) is 6.86. The Morgan fingerprint density at radius 3 is 2.77 bits per heavy atom. The number of amides is 1. The highest BCUT2D eigenvalue weighted by Crippen LogP contribution is 2.46. The molecular weight excluding hydrogens is 372 g/mol. The molecule has 3 aromatic rings. The first kappa shape index (κ1) is 19.3. The van der Waals surface area contributed by atoms with E-state index in [1.807, 2.05) is 18.2 Å². The third-order valence-corrected chi connectivity index (χ3v) is 6.86. The summed E-state index contributed by atoms with van der Waals surface area (Å²) in [5.74, 6) is 0.0883. The Morgan fingerprint density at radius 2 is 2.03 bits per heavy atom. The smallest absolute Gasteiger partial charge is 0.270 e. The van der Waals surface area contributed by atoms with Gasteiger partial charge in [0.25, 0.3) is 5.91 Å². The van der Waals surface area contributed by atoms with E-state index in [0.717, 1.165) is 36.8 Å². The number of carbonyl (C=O) groups is 1. The van der Waals surface area contributed by atoms with Gasteiger partial charge in [0.1, 0.15) is 5.69 Å². The van der Waals surface area contributed by atoms with Gasteiger partial charge in [-0.05, 0) is 69.2 Å². The molecule has 2 atom stereocenters. The average Bonchev–Trinajstić information content (AvgIpc) is 3.43. The van der Waals surface area contributed by atoms with E-state index in [1.165, 1.54) is 24.8 Å². The summed E-state index contributed by atoms with van der Waals surface area (Å²) in [5, 5.41) is 3.98. The second kappa shape index (κ2) is 7.88. The summed E-state index contributed by atoms with van der Waals surface area (Å²) >= 11 is 0. The monoisotopic (exact) mass is 402 g/mol. The molecule has 0 unspecified atom stereocenters. The van der Waals surface area contributed by atoms with Gasteiger partial charge < -0.3 is 15.2 Å². The van der Waals surface area contributed by atoms with Crippen LogP contribution in [0.2, 0.25) is 0 Å². The van der Waals surface area contributed by atoms with Crippen molar-refractivity contribution in [2.24, 2.45) is 0 Å². The average molecular weight is 403 g/mol. The minimum Gasteiger partial charge on any atom is -0.349 e. The van der Waals surface area contributed by atoms with Gasteiger partial charge in [-0.2, -0.15) is 0 Å². The van der Waals surface area contributed by atoms with E-state index >= 15 is 0 Å². The summed E-state index contributed by atoms with van der Waals surface area (Å²) in [7, 11) is 0. The van der Waals surface area contributed by atoms with Crippen molar-refractivity contribution in [1.29, 1.82) is 0 Å². The summed E-state index contributed by atoms with van der Waals surface area (Å²) in [4.78, 5) is 23.0. The fourth-order valence-corrected chi connectivity index (χ4v) is 5.16. The van der Waals surface area contributed by atoms with E-state index in [4.69, 9.17) is 0 Å². The van der Waals surface area contributed by atoms with E-state index in [0.29, 0.717) is 11.7 Å². The van der Waals surface area contributed by atoms with Gasteiger partial charge in [-0.3, -0.25) is 9.78 Å². The molecule has 1 amide bonds. The number of carbonyl (C=O) groups excluding carboxylic acids is 1. The minimum atomic E-state index is 0.0883. The van der Waals surface area contributed by atoms with Crippen LogP contribution in [0.3, 0.4) is 0 Å². The van der Waals surface area contributed by atoms with Crippen LogP contribution in [0.1, 0.15) is 61.5 Å². The van der Waals surface area contributed by atoms with Crippen molar-refractivity contribution in [3.8, 4) is 0 Å². The molecule has 0 aliphatic heterocycles. The molecule has 0 spiro atoms. The molecule has 2 aliphatic carbocycles. The van der Waals surface area contributed by atoms with Crippen molar-refractivity contribution >= 4 is 16.9 Å². The van der Waals surface area contributed by atoms with Crippen molar-refractivity contribution in [3.05, 3.63) is 66.0 Å². The van der Waals surface area contributed by atoms with Gasteiger partial charge in [-0.15, -0.1) is 0 Å². The van der Waals surface area contributed by atoms with Crippen molar-refractivity contribution in [2.75, 3.05) is 6.54 Å². The number of rotatable bonds is 6. The maximum absolute atomic E-state index is 13.3. The highest BCUT2D eigenvalue weighted by molar-refractivity contribution is 5.97. The maximum atomic E-state index is 13.3. The van der Waals surface area contributed by atoms with E-state index in [-0.39, 0.29) is 17.5 Å². The minimum absolute atomic E-state index is 0.0883. The molecule has 2 aromatic heterocycles. The van der Waals surface area contributed by atoms with Crippen LogP contribution in [0.15, 0.2) is 54.7 Å². The number of fused-ring (bicyclic) bond motifs is 1. The Balaban J connectivity index is 1.30. The molecule has 1 aromatic carbocycles. The van der Waals surface area contributed by atoms with Crippen LogP contribution in [-0.4, -0.2) is 39.4 Å². The normalized spacial score (nSPS) is 22.7. The van der Waals surface area contributed by atoms with Crippen LogP contribution in [0, 0.1) is 0 Å². The van der Waals surface area contributed by atoms with Gasteiger partial charge in [0, 0.05) is 30.4 Å². The standard InChI is InChI=1S/C25H30N4O/c1-2-29(24(30)23-17-22-21(27-23)12-7-15-26-22)20-11-6-10-19(16-20)28-25(13-14-25)18-8-4-3-5-9-18/h3-5,7-9,12,15,17,19-20,27-28H,2,6,10-11,13-14,16H2,1H3/t19-,20+/m1/s1. The van der Waals surface area contributed by atoms with E-state index in [9.17, 15) is 4.79 Å². The molecule has 2 heterocycles. The highest BCUT2D eigenvalue weighted by Gasteiger charge is 2.46. The molecule has 2 N–H and O–H groups in total. The van der Waals surface area contributed by atoms with Crippen LogP contribution < -0.4 is 5.32 Å². The zero-order chi connectivity index (χ0) is 20.6. The Morgan fingerprint density at radius 1 is 1.20 bits per heavy atom. The summed E-state index contributed by atoms with van der Waals surface area (Å²) < 4.78 is 0. The van der Waals surface area contributed by atoms with E-state index < -0.39 is 0 Å². The van der Waals surface area contributed by atoms with Crippen LogP contribution in [-0.2, 0) is 5.54 Å². The summed E-state index contributed by atoms with van der Waals surface area (Å²) in [6.45, 7) is 2.81. The molecule has 0 radical (unpaired) electrons. The molecule has 5 heteroatoms. The van der Waals surface area contributed by atoms with Crippen LogP contribution in [0.25, 0.3) is 11.0 Å². The van der Waals surface area contributed by atoms with Gasteiger partial charge in [0.15, 0.2) is 0 Å². The Bertz CT molecular complexity index is 991. The van der Waals surface area contributed by atoms with Crippen LogP contribution >= 0.6 is 0 Å². The molecule has 30 heavy (non-hydrogen) atoms. The molecular formula is C25H30N4O. The Labute approximate surface area is 177 Å². The fraction of sp³-hybridized carbons (Fsp3) is 0.440. The molecule has 5 nitrogen and oxygen atoms in total. The molecule has 156 valence electrons. The fourth-order valence-electron chi connectivity index (χ4n) is 5.16. The second-order valence-corrected chi connectivity index (χ2v) is 8.82. The van der Waals surface area contributed by atoms with Crippen LogP contribution in [0.5, 0.6) is 0 Å². The third kappa shape index (κ3) is 3.63. The first-order chi connectivity index (χ1) is 14.7. The maximum Gasteiger partial charge on any atom is 0.270 e. The SMILES string of the molecule is CCN(C(=O)c1cc2ncccc2[nH]1)[C@H]1CCC[C@@H](NC2(c3ccccc3)CC2)C1. The van der Waals surface area contributed by atoms with Crippen molar-refractivity contribution in [3.63, 3.8) is 0 Å². The largest absolute Gasteiger partial charge is 0.349 e. The first-order valence-corrected chi connectivity index (χ1v) is 11.3. The van der Waals surface area contributed by atoms with Gasteiger partial charge >= 0.3 is 0 Å². The van der Waals surface area contributed by atoms with Gasteiger partial charge in [0.05, 0.1) is 11.0 Å². The van der Waals surface area contributed by atoms with Crippen LogP contribution in [0.4, 0.5) is 0 Å². The summed E-state index contributed by atoms with van der Waals surface area (Å²) in [6.07, 6.45) is 8.62. The number of pyridine rings is 1. The van der Waals surface area contributed by atoms with Crippen molar-refractivity contribution < 1.29 is 4.79 Å². The summed E-state index contributed by atoms with van der Waals surface area (Å²) in [5.41, 5.74) is 3.96. The van der Waals surface area contributed by atoms with E-state index in [1.54, 1.807) is 6.20 Å². The second-order valence-electron chi connectivity index (χ2n) is 8.82.